The second-order valence-corrected chi connectivity index (χ2v) is 6.63. The van der Waals surface area contributed by atoms with Gasteiger partial charge in [0.1, 0.15) is 6.10 Å². The molecule has 2 aromatic rings. The van der Waals surface area contributed by atoms with E-state index in [4.69, 9.17) is 4.74 Å². The van der Waals surface area contributed by atoms with Crippen molar-refractivity contribution >= 4 is 0 Å². The number of hydrogen-bond donors (Lipinski definition) is 1. The van der Waals surface area contributed by atoms with E-state index in [0.717, 1.165) is 37.7 Å². The molecule has 0 unspecified atom stereocenters. The number of rotatable bonds is 6. The average Bonchev–Trinajstić information content (AvgIpc) is 2.96. The highest BCUT2D eigenvalue weighted by molar-refractivity contribution is 5.20. The maximum atomic E-state index is 6.06. The van der Waals surface area contributed by atoms with Gasteiger partial charge in [-0.2, -0.15) is 5.10 Å². The Morgan fingerprint density at radius 3 is 2.74 bits per heavy atom. The van der Waals surface area contributed by atoms with E-state index in [-0.39, 0.29) is 0 Å². The van der Waals surface area contributed by atoms with E-state index >= 15 is 0 Å². The summed E-state index contributed by atoms with van der Waals surface area (Å²) in [6, 6.07) is 4.08. The molecular formula is C18H26N4O. The van der Waals surface area contributed by atoms with Crippen molar-refractivity contribution in [2.75, 3.05) is 0 Å². The van der Waals surface area contributed by atoms with Crippen LogP contribution in [0.4, 0.5) is 0 Å². The lowest BCUT2D eigenvalue weighted by Crippen LogP contribution is -2.23. The van der Waals surface area contributed by atoms with E-state index in [1.807, 2.05) is 42.5 Å². The summed E-state index contributed by atoms with van der Waals surface area (Å²) in [5.41, 5.74) is 2.39. The van der Waals surface area contributed by atoms with Gasteiger partial charge in [-0.25, -0.2) is 4.98 Å². The number of aromatic nitrogens is 3. The molecule has 0 bridgehead atoms. The Labute approximate surface area is 138 Å². The molecule has 0 spiro atoms. The summed E-state index contributed by atoms with van der Waals surface area (Å²) in [7, 11) is 1.93. The fourth-order valence-corrected chi connectivity index (χ4v) is 3.06. The number of hydrogen-bond acceptors (Lipinski definition) is 4. The molecule has 0 atom stereocenters. The van der Waals surface area contributed by atoms with Crippen molar-refractivity contribution in [2.45, 2.75) is 51.8 Å². The van der Waals surface area contributed by atoms with E-state index in [1.165, 1.54) is 24.0 Å². The molecule has 0 amide bonds. The summed E-state index contributed by atoms with van der Waals surface area (Å²) in [6.07, 6.45) is 10.9. The molecule has 1 fully saturated rings. The van der Waals surface area contributed by atoms with Gasteiger partial charge in [-0.05, 0) is 43.2 Å². The molecule has 23 heavy (non-hydrogen) atoms. The van der Waals surface area contributed by atoms with Crippen LogP contribution < -0.4 is 10.1 Å². The maximum Gasteiger partial charge on any atom is 0.213 e. The first-order chi connectivity index (χ1) is 11.2. The standard InChI is InChI=1S/C18H26N4O/c1-14-3-5-17(6-4-14)23-18-9-15(7-8-20-18)10-19-11-16-12-21-22(2)13-16/h7-9,12-14,17,19H,3-6,10-11H2,1-2H3. The zero-order valence-corrected chi connectivity index (χ0v) is 14.0. The zero-order valence-electron chi connectivity index (χ0n) is 14.0. The fraction of sp³-hybridized carbons (Fsp3) is 0.556. The van der Waals surface area contributed by atoms with Gasteiger partial charge >= 0.3 is 0 Å². The first-order valence-corrected chi connectivity index (χ1v) is 8.49. The van der Waals surface area contributed by atoms with Crippen molar-refractivity contribution < 1.29 is 4.74 Å². The second kappa shape index (κ2) is 7.59. The monoisotopic (exact) mass is 314 g/mol. The third kappa shape index (κ3) is 4.79. The molecule has 2 heterocycles. The van der Waals surface area contributed by atoms with E-state index in [0.29, 0.717) is 6.10 Å². The lowest BCUT2D eigenvalue weighted by molar-refractivity contribution is 0.130. The Balaban J connectivity index is 1.48. The number of nitrogens with one attached hydrogen (secondary N) is 1. The molecule has 5 heteroatoms. The molecule has 3 rings (SSSR count). The number of pyridine rings is 1. The predicted molar refractivity (Wildman–Crippen MR) is 90.0 cm³/mol. The Morgan fingerprint density at radius 2 is 2.00 bits per heavy atom. The van der Waals surface area contributed by atoms with Crippen molar-refractivity contribution in [3.05, 3.63) is 41.9 Å². The summed E-state index contributed by atoms with van der Waals surface area (Å²) in [5.74, 6) is 1.59. The zero-order chi connectivity index (χ0) is 16.1. The molecule has 0 aromatic carbocycles. The largest absolute Gasteiger partial charge is 0.474 e. The van der Waals surface area contributed by atoms with E-state index in [9.17, 15) is 0 Å². The molecule has 0 saturated heterocycles. The van der Waals surface area contributed by atoms with Gasteiger partial charge in [-0.15, -0.1) is 0 Å². The van der Waals surface area contributed by atoms with Gasteiger partial charge in [0.05, 0.1) is 6.20 Å². The molecular weight excluding hydrogens is 288 g/mol. The summed E-state index contributed by atoms with van der Waals surface area (Å²) in [4.78, 5) is 4.36. The molecule has 1 N–H and O–H groups in total. The van der Waals surface area contributed by atoms with Crippen LogP contribution in [0.2, 0.25) is 0 Å². The molecule has 1 saturated carbocycles. The van der Waals surface area contributed by atoms with E-state index < -0.39 is 0 Å². The van der Waals surface area contributed by atoms with Crippen molar-refractivity contribution in [3.63, 3.8) is 0 Å². The molecule has 124 valence electrons. The van der Waals surface area contributed by atoms with Crippen LogP contribution in [0.15, 0.2) is 30.7 Å². The Kier molecular flexibility index (Phi) is 5.28. The molecule has 5 nitrogen and oxygen atoms in total. The van der Waals surface area contributed by atoms with E-state index in [2.05, 4.69) is 22.3 Å². The first kappa shape index (κ1) is 16.0. The predicted octanol–water partition coefficient (Wildman–Crippen LogP) is 3.06. The van der Waals surface area contributed by atoms with Crippen LogP contribution in [0.1, 0.15) is 43.7 Å². The highest BCUT2D eigenvalue weighted by Crippen LogP contribution is 2.26. The molecule has 0 aliphatic heterocycles. The van der Waals surface area contributed by atoms with Gasteiger partial charge < -0.3 is 10.1 Å². The van der Waals surface area contributed by atoms with Crippen LogP contribution in [0.5, 0.6) is 5.88 Å². The van der Waals surface area contributed by atoms with Crippen molar-refractivity contribution in [3.8, 4) is 5.88 Å². The summed E-state index contributed by atoms with van der Waals surface area (Å²) in [5, 5.41) is 7.60. The number of ether oxygens (including phenoxy) is 1. The van der Waals surface area contributed by atoms with Gasteiger partial charge in [0.2, 0.25) is 5.88 Å². The minimum absolute atomic E-state index is 0.331. The normalized spacial score (nSPS) is 21.3. The highest BCUT2D eigenvalue weighted by Gasteiger charge is 2.19. The van der Waals surface area contributed by atoms with Gasteiger partial charge in [0.15, 0.2) is 0 Å². The fourth-order valence-electron chi connectivity index (χ4n) is 3.06. The Bertz CT molecular complexity index is 617. The third-order valence-electron chi connectivity index (χ3n) is 4.47. The SMILES string of the molecule is CC1CCC(Oc2cc(CNCc3cnn(C)c3)ccn2)CC1. The van der Waals surface area contributed by atoms with E-state index in [1.54, 1.807) is 0 Å². The minimum atomic E-state index is 0.331. The van der Waals surface area contributed by atoms with Crippen molar-refractivity contribution in [2.24, 2.45) is 13.0 Å². The number of aryl methyl sites for hydroxylation is 1. The van der Waals surface area contributed by atoms with Crippen LogP contribution in [-0.4, -0.2) is 20.9 Å². The summed E-state index contributed by atoms with van der Waals surface area (Å²) in [6.45, 7) is 3.94. The molecule has 1 aliphatic rings. The van der Waals surface area contributed by atoms with Gasteiger partial charge in [-0.1, -0.05) is 6.92 Å². The van der Waals surface area contributed by atoms with Crippen LogP contribution in [0, 0.1) is 5.92 Å². The van der Waals surface area contributed by atoms with Crippen molar-refractivity contribution in [1.29, 1.82) is 0 Å². The lowest BCUT2D eigenvalue weighted by atomic mass is 9.89. The lowest BCUT2D eigenvalue weighted by Gasteiger charge is -2.26. The second-order valence-electron chi connectivity index (χ2n) is 6.63. The molecule has 0 radical (unpaired) electrons. The quantitative estimate of drug-likeness (QED) is 0.890. The maximum absolute atomic E-state index is 6.06. The third-order valence-corrected chi connectivity index (χ3v) is 4.47. The Hall–Kier alpha value is -1.88. The van der Waals surface area contributed by atoms with Crippen LogP contribution in [0.3, 0.4) is 0 Å². The molecule has 1 aliphatic carbocycles. The van der Waals surface area contributed by atoms with Gasteiger partial charge in [0.25, 0.3) is 0 Å². The van der Waals surface area contributed by atoms with Crippen LogP contribution in [-0.2, 0) is 20.1 Å². The van der Waals surface area contributed by atoms with Crippen LogP contribution >= 0.6 is 0 Å². The Morgan fingerprint density at radius 1 is 1.22 bits per heavy atom. The topological polar surface area (TPSA) is 52.0 Å². The van der Waals surface area contributed by atoms with Crippen molar-refractivity contribution in [1.82, 2.24) is 20.1 Å². The van der Waals surface area contributed by atoms with Crippen LogP contribution in [0.25, 0.3) is 0 Å². The average molecular weight is 314 g/mol. The first-order valence-electron chi connectivity index (χ1n) is 8.49. The highest BCUT2D eigenvalue weighted by atomic mass is 16.5. The smallest absolute Gasteiger partial charge is 0.213 e. The minimum Gasteiger partial charge on any atom is -0.474 e. The summed E-state index contributed by atoms with van der Waals surface area (Å²) >= 11 is 0. The number of nitrogens with zero attached hydrogens (tertiary/aromatic N) is 3. The van der Waals surface area contributed by atoms with Gasteiger partial charge in [0, 0.05) is 44.2 Å². The van der Waals surface area contributed by atoms with Gasteiger partial charge in [-0.3, -0.25) is 4.68 Å². The summed E-state index contributed by atoms with van der Waals surface area (Å²) < 4.78 is 7.88. The molecule has 2 aromatic heterocycles.